The van der Waals surface area contributed by atoms with Crippen LogP contribution in [0.2, 0.25) is 0 Å². The Hall–Kier alpha value is -3.75. The van der Waals surface area contributed by atoms with Gasteiger partial charge in [0, 0.05) is 32.3 Å². The van der Waals surface area contributed by atoms with Gasteiger partial charge in [0.25, 0.3) is 0 Å². The topological polar surface area (TPSA) is 3.24 Å². The lowest BCUT2D eigenvalue weighted by atomic mass is 9.26. The first-order valence-corrected chi connectivity index (χ1v) is 20.0. The average Bonchev–Trinajstić information content (AvgIpc) is 3.66. The third-order valence-electron chi connectivity index (χ3n) is 15.0. The van der Waals surface area contributed by atoms with Crippen LogP contribution in [0.4, 0.5) is 17.1 Å². The molecule has 250 valence electrons. The van der Waals surface area contributed by atoms with Crippen LogP contribution in [-0.2, 0) is 16.2 Å². The number of benzene rings is 5. The predicted molar refractivity (Wildman–Crippen MR) is 208 cm³/mol. The average molecular weight is 670 g/mol. The maximum Gasteiger partial charge on any atom is 0.0473 e. The Bertz CT molecular complexity index is 2200. The number of para-hydroxylation sites is 1. The standard InChI is InChI=1S/C48H47NS/c1-45(2)22-23-46(3,4)39-27-34(18-20-37(39)45)49(33-14-9-6-10-15-33)35-19-21-38-41(28-35)50-40-17-11-16-36(31-12-7-5-8-13-31)44(40)48(38)42-25-30-24-32-26-43(48)47(32,42)29-30/h5-21,27-28,30,32,42-43H,22-26,29H2,1-4H3. The Morgan fingerprint density at radius 3 is 2.02 bits per heavy atom. The smallest absolute Gasteiger partial charge is 0.0473 e. The van der Waals surface area contributed by atoms with Crippen LogP contribution < -0.4 is 4.90 Å². The largest absolute Gasteiger partial charge is 0.310 e. The van der Waals surface area contributed by atoms with Crippen LogP contribution in [0, 0.1) is 29.1 Å². The summed E-state index contributed by atoms with van der Waals surface area (Å²) in [6, 6.07) is 44.6. The molecular weight excluding hydrogens is 623 g/mol. The quantitative estimate of drug-likeness (QED) is 0.187. The molecule has 6 aliphatic rings. The van der Waals surface area contributed by atoms with E-state index in [2.05, 4.69) is 148 Å². The Labute approximate surface area is 302 Å². The van der Waals surface area contributed by atoms with Gasteiger partial charge in [-0.1, -0.05) is 112 Å². The summed E-state index contributed by atoms with van der Waals surface area (Å²) >= 11 is 2.03. The van der Waals surface area contributed by atoms with Gasteiger partial charge in [-0.3, -0.25) is 0 Å². The van der Waals surface area contributed by atoms with E-state index in [1.54, 1.807) is 11.1 Å². The van der Waals surface area contributed by atoms with Crippen LogP contribution in [0.5, 0.6) is 0 Å². The number of fused-ring (bicyclic) bond motifs is 8. The van der Waals surface area contributed by atoms with Crippen molar-refractivity contribution in [3.8, 4) is 11.1 Å². The van der Waals surface area contributed by atoms with Crippen molar-refractivity contribution in [1.29, 1.82) is 0 Å². The predicted octanol–water partition coefficient (Wildman–Crippen LogP) is 13.0. The molecular formula is C48H47NS. The molecule has 1 heterocycles. The highest BCUT2D eigenvalue weighted by atomic mass is 32.2. The van der Waals surface area contributed by atoms with Gasteiger partial charge in [-0.15, -0.1) is 0 Å². The number of hydrogen-bond donors (Lipinski definition) is 0. The Balaban J connectivity index is 1.10. The molecule has 4 saturated carbocycles. The van der Waals surface area contributed by atoms with Gasteiger partial charge in [-0.05, 0) is 154 Å². The Kier molecular flexibility index (Phi) is 5.97. The van der Waals surface area contributed by atoms with Crippen LogP contribution >= 0.6 is 11.8 Å². The molecule has 5 aromatic carbocycles. The van der Waals surface area contributed by atoms with Crippen molar-refractivity contribution in [2.24, 2.45) is 29.1 Å². The van der Waals surface area contributed by atoms with E-state index < -0.39 is 0 Å². The van der Waals surface area contributed by atoms with E-state index in [4.69, 9.17) is 0 Å². The summed E-state index contributed by atoms with van der Waals surface area (Å²) in [6.45, 7) is 9.75. The van der Waals surface area contributed by atoms with Crippen molar-refractivity contribution in [3.63, 3.8) is 0 Å². The van der Waals surface area contributed by atoms with Crippen LogP contribution in [0.1, 0.15) is 88.5 Å². The second-order valence-corrected chi connectivity index (χ2v) is 19.1. The van der Waals surface area contributed by atoms with E-state index in [9.17, 15) is 0 Å². The lowest BCUT2D eigenvalue weighted by molar-refractivity contribution is -0.234. The number of anilines is 3. The fraction of sp³-hybridized carbons (Fsp3) is 0.375. The highest BCUT2D eigenvalue weighted by Gasteiger charge is 2.84. The summed E-state index contributed by atoms with van der Waals surface area (Å²) in [5, 5.41) is 0. The summed E-state index contributed by atoms with van der Waals surface area (Å²) in [5.41, 5.74) is 14.0. The second kappa shape index (κ2) is 9.97. The lowest BCUT2D eigenvalue weighted by Crippen LogP contribution is -2.74. The number of nitrogens with zero attached hydrogens (tertiary/aromatic N) is 1. The maximum atomic E-state index is 2.59. The summed E-state index contributed by atoms with van der Waals surface area (Å²) in [6.07, 6.45) is 8.27. The van der Waals surface area contributed by atoms with Gasteiger partial charge in [0.15, 0.2) is 0 Å². The molecule has 0 saturated heterocycles. The third kappa shape index (κ3) is 3.67. The second-order valence-electron chi connectivity index (χ2n) is 18.1. The van der Waals surface area contributed by atoms with Crippen LogP contribution in [0.25, 0.3) is 11.1 Å². The van der Waals surface area contributed by atoms with Crippen LogP contribution in [-0.4, -0.2) is 0 Å². The molecule has 0 aromatic heterocycles. The zero-order valence-electron chi connectivity index (χ0n) is 29.9. The Morgan fingerprint density at radius 2 is 1.26 bits per heavy atom. The molecule has 11 rings (SSSR count). The lowest BCUT2D eigenvalue weighted by Gasteiger charge is -2.78. The zero-order valence-corrected chi connectivity index (χ0v) is 30.7. The van der Waals surface area contributed by atoms with E-state index in [0.717, 1.165) is 23.7 Å². The molecule has 6 atom stereocenters. The van der Waals surface area contributed by atoms with Gasteiger partial charge >= 0.3 is 0 Å². The van der Waals surface area contributed by atoms with Crippen LogP contribution in [0.3, 0.4) is 0 Å². The fourth-order valence-electron chi connectivity index (χ4n) is 12.9. The van der Waals surface area contributed by atoms with E-state index >= 15 is 0 Å². The fourth-order valence-corrected chi connectivity index (χ4v) is 14.2. The molecule has 2 heteroatoms. The monoisotopic (exact) mass is 669 g/mol. The van der Waals surface area contributed by atoms with Gasteiger partial charge in [-0.25, -0.2) is 0 Å². The number of rotatable bonds is 4. The SMILES string of the molecule is CC1(C)CCC(C)(C)c2cc(N(c3ccccc3)c3ccc4c(c3)Sc3cccc(-c5ccccc5)c3C43C4CC5CC6CC3C64C5)ccc21. The normalized spacial score (nSPS) is 31.1. The van der Waals surface area contributed by atoms with E-state index in [1.165, 1.54) is 87.6 Å². The van der Waals surface area contributed by atoms with Gasteiger partial charge in [0.2, 0.25) is 0 Å². The van der Waals surface area contributed by atoms with Crippen molar-refractivity contribution < 1.29 is 0 Å². The number of hydrogen-bond acceptors (Lipinski definition) is 2. The summed E-state index contributed by atoms with van der Waals surface area (Å²) in [7, 11) is 0. The van der Waals surface area contributed by atoms with E-state index in [-0.39, 0.29) is 16.2 Å². The maximum absolute atomic E-state index is 2.59. The highest BCUT2D eigenvalue weighted by molar-refractivity contribution is 7.99. The van der Waals surface area contributed by atoms with Gasteiger partial charge < -0.3 is 4.90 Å². The minimum absolute atomic E-state index is 0.117. The highest BCUT2D eigenvalue weighted by Crippen LogP contribution is 2.89. The van der Waals surface area contributed by atoms with Gasteiger partial charge in [0.1, 0.15) is 0 Å². The molecule has 0 amide bonds. The molecule has 1 nitrogen and oxygen atoms in total. The molecule has 0 N–H and O–H groups in total. The van der Waals surface area contributed by atoms with Crippen molar-refractivity contribution in [2.75, 3.05) is 4.90 Å². The molecule has 5 aromatic rings. The molecule has 2 bridgehead atoms. The minimum Gasteiger partial charge on any atom is -0.310 e. The molecule has 50 heavy (non-hydrogen) atoms. The molecule has 6 unspecified atom stereocenters. The summed E-state index contributed by atoms with van der Waals surface area (Å²) < 4.78 is 0. The van der Waals surface area contributed by atoms with Crippen molar-refractivity contribution in [3.05, 3.63) is 138 Å². The minimum atomic E-state index is 0.117. The van der Waals surface area contributed by atoms with Crippen molar-refractivity contribution >= 4 is 28.8 Å². The van der Waals surface area contributed by atoms with E-state index in [1.807, 2.05) is 11.8 Å². The molecule has 1 aliphatic heterocycles. The van der Waals surface area contributed by atoms with Crippen molar-refractivity contribution in [1.82, 2.24) is 0 Å². The first-order valence-electron chi connectivity index (χ1n) is 19.2. The Morgan fingerprint density at radius 1 is 0.580 bits per heavy atom. The zero-order chi connectivity index (χ0) is 33.6. The first-order chi connectivity index (χ1) is 24.2. The first kappa shape index (κ1) is 29.9. The molecule has 5 aliphatic carbocycles. The third-order valence-corrected chi connectivity index (χ3v) is 16.1. The molecule has 2 spiro atoms. The van der Waals surface area contributed by atoms with Gasteiger partial charge in [0.05, 0.1) is 0 Å². The molecule has 0 radical (unpaired) electrons. The molecule has 4 fully saturated rings. The van der Waals surface area contributed by atoms with Gasteiger partial charge in [-0.2, -0.15) is 0 Å². The van der Waals surface area contributed by atoms with Crippen molar-refractivity contribution in [2.45, 2.75) is 92.3 Å². The summed E-state index contributed by atoms with van der Waals surface area (Å²) in [5.74, 6) is 3.44. The van der Waals surface area contributed by atoms with E-state index in [0.29, 0.717) is 5.41 Å². The van der Waals surface area contributed by atoms with Crippen LogP contribution in [0.15, 0.2) is 125 Å². The summed E-state index contributed by atoms with van der Waals surface area (Å²) in [4.78, 5) is 5.49.